The van der Waals surface area contributed by atoms with Crippen molar-refractivity contribution in [3.63, 3.8) is 0 Å². The van der Waals surface area contributed by atoms with E-state index >= 15 is 0 Å². The molecule has 3 nitrogen and oxygen atoms in total. The number of rotatable bonds is 3. The smallest absolute Gasteiger partial charge is 0.200 e. The fourth-order valence-electron chi connectivity index (χ4n) is 0.177. The normalized spacial score (nSPS) is 11.8. The Morgan fingerprint density at radius 2 is 2.25 bits per heavy atom. The van der Waals surface area contributed by atoms with E-state index in [4.69, 9.17) is 0 Å². The van der Waals surface area contributed by atoms with Gasteiger partial charge < -0.3 is 0 Å². The molecule has 0 amide bonds. The molecule has 0 saturated heterocycles. The predicted octanol–water partition coefficient (Wildman–Crippen LogP) is 0.924. The monoisotopic (exact) mass is 267 g/mol. The molecule has 8 heavy (non-hydrogen) atoms. The second-order valence-corrected chi connectivity index (χ2v) is 6.16. The van der Waals surface area contributed by atoms with Crippen LogP contribution in [0.2, 0.25) is 0 Å². The van der Waals surface area contributed by atoms with Crippen molar-refractivity contribution in [2.24, 2.45) is 0 Å². The van der Waals surface area contributed by atoms with Gasteiger partial charge in [0.05, 0.1) is 0 Å². The molecule has 0 fully saturated rings. The minimum atomic E-state index is -3.02. The summed E-state index contributed by atoms with van der Waals surface area (Å²) in [7, 11) is -2.13. The van der Waals surface area contributed by atoms with E-state index in [1.165, 1.54) is 0 Å². The Morgan fingerprint density at radius 1 is 1.75 bits per heavy atom. The molecule has 0 aliphatic rings. The van der Waals surface area contributed by atoms with Gasteiger partial charge in [0.15, 0.2) is 0 Å². The lowest BCUT2D eigenvalue weighted by Crippen LogP contribution is -2.06. The number of halogens is 1. The van der Waals surface area contributed by atoms with Crippen molar-refractivity contribution in [1.29, 1.82) is 0 Å². The summed E-state index contributed by atoms with van der Waals surface area (Å²) in [6, 6.07) is 0. The van der Waals surface area contributed by atoms with Crippen molar-refractivity contribution < 1.29 is 8.42 Å². The van der Waals surface area contributed by atoms with Gasteiger partial charge >= 0.3 is 0 Å². The second-order valence-electron chi connectivity index (χ2n) is 0.938. The largest absolute Gasteiger partial charge is 0.273 e. The van der Waals surface area contributed by atoms with Crippen molar-refractivity contribution in [3.05, 3.63) is 0 Å². The molecule has 0 bridgehead atoms. The third kappa shape index (κ3) is 3.93. The highest BCUT2D eigenvalue weighted by Gasteiger charge is 2.03. The third-order valence-electron chi connectivity index (χ3n) is 0.367. The zero-order valence-corrected chi connectivity index (χ0v) is 8.01. The summed E-state index contributed by atoms with van der Waals surface area (Å²) in [4.78, 5) is 0. The standard InChI is InChI=1S/C2H6INO2S2/c1-2-7-8(5,6)4-3/h4H,2H2,1H3. The summed E-state index contributed by atoms with van der Waals surface area (Å²) in [5.74, 6) is 0.582. The fraction of sp³-hybridized carbons (Fsp3) is 1.00. The van der Waals surface area contributed by atoms with Gasteiger partial charge in [-0.15, -0.1) is 2.94 Å². The molecular formula is C2H6INO2S2. The van der Waals surface area contributed by atoms with E-state index in [0.29, 0.717) is 5.75 Å². The quantitative estimate of drug-likeness (QED) is 0.470. The summed E-state index contributed by atoms with van der Waals surface area (Å²) in [5.41, 5.74) is 0. The molecule has 50 valence electrons. The van der Waals surface area contributed by atoms with Gasteiger partial charge in [-0.2, -0.15) is 8.42 Å². The highest BCUT2D eigenvalue weighted by atomic mass is 127. The van der Waals surface area contributed by atoms with Crippen molar-refractivity contribution in [2.75, 3.05) is 5.75 Å². The lowest BCUT2D eigenvalue weighted by molar-refractivity contribution is 0.610. The Bertz CT molecular complexity index is 142. The van der Waals surface area contributed by atoms with Gasteiger partial charge in [0.1, 0.15) is 0 Å². The number of hydrogen-bond acceptors (Lipinski definition) is 3. The molecule has 0 aromatic carbocycles. The second kappa shape index (κ2) is 3.91. The van der Waals surface area contributed by atoms with Crippen LogP contribution in [0.5, 0.6) is 0 Å². The molecule has 0 saturated carbocycles. The third-order valence-corrected chi connectivity index (χ3v) is 5.63. The zero-order chi connectivity index (χ0) is 6.62. The molecule has 0 radical (unpaired) electrons. The molecule has 0 unspecified atom stereocenters. The van der Waals surface area contributed by atoms with Crippen LogP contribution in [0.15, 0.2) is 0 Å². The Morgan fingerprint density at radius 3 is 2.38 bits per heavy atom. The van der Waals surface area contributed by atoms with Crippen molar-refractivity contribution in [2.45, 2.75) is 6.92 Å². The maximum absolute atomic E-state index is 10.4. The van der Waals surface area contributed by atoms with Crippen LogP contribution >= 0.6 is 33.7 Å². The van der Waals surface area contributed by atoms with Gasteiger partial charge in [0, 0.05) is 28.6 Å². The average molecular weight is 267 g/mol. The SMILES string of the molecule is CCSS(=O)(=O)NI. The fourth-order valence-corrected chi connectivity index (χ4v) is 2.74. The van der Waals surface area contributed by atoms with Gasteiger partial charge in [0.2, 0.25) is 0 Å². The summed E-state index contributed by atoms with van der Waals surface area (Å²) in [6.07, 6.45) is 0. The van der Waals surface area contributed by atoms with Crippen molar-refractivity contribution >= 4 is 42.7 Å². The Hall–Kier alpha value is 0.990. The number of nitrogens with one attached hydrogen (secondary N) is 1. The van der Waals surface area contributed by atoms with Crippen molar-refractivity contribution in [3.8, 4) is 0 Å². The molecule has 1 N–H and O–H groups in total. The maximum Gasteiger partial charge on any atom is 0.273 e. The molecule has 0 atom stereocenters. The number of hydrogen-bond donors (Lipinski definition) is 1. The molecule has 0 aromatic rings. The van der Waals surface area contributed by atoms with Crippen LogP contribution in [0.3, 0.4) is 0 Å². The van der Waals surface area contributed by atoms with Gasteiger partial charge in [-0.3, -0.25) is 0 Å². The minimum Gasteiger partial charge on any atom is -0.200 e. The van der Waals surface area contributed by atoms with Crippen molar-refractivity contribution in [1.82, 2.24) is 2.94 Å². The summed E-state index contributed by atoms with van der Waals surface area (Å²) in [5, 5.41) is 0. The van der Waals surface area contributed by atoms with Crippen LogP contribution in [0.1, 0.15) is 6.92 Å². The van der Waals surface area contributed by atoms with E-state index in [1.807, 2.05) is 0 Å². The molecule has 0 spiro atoms. The topological polar surface area (TPSA) is 46.2 Å². The molecule has 0 rings (SSSR count). The first kappa shape index (κ1) is 8.99. The average Bonchev–Trinajstić information content (AvgIpc) is 1.67. The summed E-state index contributed by atoms with van der Waals surface area (Å²) in [6.45, 7) is 1.79. The van der Waals surface area contributed by atoms with E-state index in [-0.39, 0.29) is 0 Å². The molecular weight excluding hydrogens is 261 g/mol. The first-order valence-electron chi connectivity index (χ1n) is 1.89. The van der Waals surface area contributed by atoms with Crippen LogP contribution in [0.25, 0.3) is 0 Å². The van der Waals surface area contributed by atoms with E-state index in [1.54, 1.807) is 29.8 Å². The minimum absolute atomic E-state index is 0.582. The highest BCUT2D eigenvalue weighted by Crippen LogP contribution is 2.08. The first-order valence-corrected chi connectivity index (χ1v) is 5.95. The van der Waals surface area contributed by atoms with Gasteiger partial charge in [-0.1, -0.05) is 6.92 Å². The Kier molecular flexibility index (Phi) is 4.40. The van der Waals surface area contributed by atoms with Crippen LogP contribution in [-0.2, 0) is 9.06 Å². The summed E-state index contributed by atoms with van der Waals surface area (Å²) < 4.78 is 23.0. The predicted molar refractivity (Wildman–Crippen MR) is 44.2 cm³/mol. The molecule has 0 aromatic heterocycles. The van der Waals surface area contributed by atoms with Crippen LogP contribution in [0.4, 0.5) is 0 Å². The lowest BCUT2D eigenvalue weighted by atomic mass is 11.0. The van der Waals surface area contributed by atoms with Crippen LogP contribution in [0, 0.1) is 0 Å². The van der Waals surface area contributed by atoms with Gasteiger partial charge in [0.25, 0.3) is 9.06 Å². The zero-order valence-electron chi connectivity index (χ0n) is 4.22. The van der Waals surface area contributed by atoms with Crippen LogP contribution in [-0.4, -0.2) is 14.2 Å². The van der Waals surface area contributed by atoms with E-state index < -0.39 is 9.06 Å². The van der Waals surface area contributed by atoms with Gasteiger partial charge in [-0.25, -0.2) is 0 Å². The van der Waals surface area contributed by atoms with Crippen LogP contribution < -0.4 is 2.94 Å². The Labute approximate surface area is 66.6 Å². The van der Waals surface area contributed by atoms with E-state index in [2.05, 4.69) is 2.94 Å². The highest BCUT2D eigenvalue weighted by molar-refractivity contribution is 14.1. The molecule has 6 heteroatoms. The molecule has 0 aliphatic heterocycles. The molecule has 0 heterocycles. The van der Waals surface area contributed by atoms with E-state index in [0.717, 1.165) is 10.8 Å². The van der Waals surface area contributed by atoms with E-state index in [9.17, 15) is 8.42 Å². The molecule has 0 aliphatic carbocycles. The maximum atomic E-state index is 10.4. The summed E-state index contributed by atoms with van der Waals surface area (Å²) >= 11 is 1.59. The van der Waals surface area contributed by atoms with Gasteiger partial charge in [-0.05, 0) is 10.8 Å². The Balaban J connectivity index is 3.76. The lowest BCUT2D eigenvalue weighted by Gasteiger charge is -1.93. The first-order chi connectivity index (χ1) is 3.62.